The van der Waals surface area contributed by atoms with Gasteiger partial charge in [0, 0.05) is 7.11 Å². The third kappa shape index (κ3) is 1.57. The minimum Gasteiger partial charge on any atom is -0.383 e. The van der Waals surface area contributed by atoms with E-state index in [4.69, 9.17) is 14.9 Å². The fourth-order valence-corrected chi connectivity index (χ4v) is 0.887. The third-order valence-electron chi connectivity index (χ3n) is 1.53. The van der Waals surface area contributed by atoms with Crippen molar-refractivity contribution in [2.45, 2.75) is 18.5 Å². The first-order valence-electron chi connectivity index (χ1n) is 3.21. The predicted octanol–water partition coefficient (Wildman–Crippen LogP) is -1.72. The number of carbonyl (C=O) groups is 1. The summed E-state index contributed by atoms with van der Waals surface area (Å²) >= 11 is 0. The van der Waals surface area contributed by atoms with Crippen LogP contribution in [0.15, 0.2) is 0 Å². The summed E-state index contributed by atoms with van der Waals surface area (Å²) in [4.78, 5) is 10.8. The van der Waals surface area contributed by atoms with Crippen molar-refractivity contribution >= 4 is 5.78 Å². The lowest BCUT2D eigenvalue weighted by molar-refractivity contribution is -0.217. The maximum Gasteiger partial charge on any atom is 0.197 e. The molecule has 1 saturated heterocycles. The first-order chi connectivity index (χ1) is 5.16. The Morgan fingerprint density at radius 3 is 2.82 bits per heavy atom. The van der Waals surface area contributed by atoms with E-state index in [1.54, 1.807) is 0 Å². The van der Waals surface area contributed by atoms with Gasteiger partial charge >= 0.3 is 0 Å². The van der Waals surface area contributed by atoms with E-state index in [1.165, 1.54) is 7.11 Å². The van der Waals surface area contributed by atoms with Crippen LogP contribution in [0.4, 0.5) is 0 Å². The zero-order chi connectivity index (χ0) is 8.43. The standard InChI is InChI=1S/C6H10O5/c1-10-6-5(9)4(8)3(7)2-11-6/h3,5-7,9H,2H2,1H3/t3-,5-,6-/m1/s1. The lowest BCUT2D eigenvalue weighted by Gasteiger charge is -2.28. The van der Waals surface area contributed by atoms with E-state index in [0.717, 1.165) is 0 Å². The van der Waals surface area contributed by atoms with Crippen molar-refractivity contribution in [2.75, 3.05) is 13.7 Å². The van der Waals surface area contributed by atoms with Crippen LogP contribution in [0.2, 0.25) is 0 Å². The van der Waals surface area contributed by atoms with Gasteiger partial charge in [0.2, 0.25) is 0 Å². The molecule has 0 aromatic rings. The summed E-state index contributed by atoms with van der Waals surface area (Å²) in [6.45, 7) is -0.117. The molecule has 3 atom stereocenters. The molecular weight excluding hydrogens is 152 g/mol. The molecule has 1 aliphatic heterocycles. The second kappa shape index (κ2) is 3.27. The molecule has 0 aliphatic carbocycles. The number of Topliss-reactive ketones (excluding diaryl/α,β-unsaturated/α-hetero) is 1. The Balaban J connectivity index is 2.59. The molecule has 2 N–H and O–H groups in total. The molecule has 0 bridgehead atoms. The first-order valence-corrected chi connectivity index (χ1v) is 3.21. The van der Waals surface area contributed by atoms with Crippen molar-refractivity contribution in [1.82, 2.24) is 0 Å². The molecule has 11 heavy (non-hydrogen) atoms. The summed E-state index contributed by atoms with van der Waals surface area (Å²) in [5.41, 5.74) is 0. The highest BCUT2D eigenvalue weighted by Crippen LogP contribution is 2.11. The van der Waals surface area contributed by atoms with Gasteiger partial charge in [-0.1, -0.05) is 0 Å². The first kappa shape index (κ1) is 8.61. The van der Waals surface area contributed by atoms with Crippen LogP contribution < -0.4 is 0 Å². The van der Waals surface area contributed by atoms with E-state index in [2.05, 4.69) is 4.74 Å². The maximum atomic E-state index is 10.8. The van der Waals surface area contributed by atoms with Crippen LogP contribution in [0.3, 0.4) is 0 Å². The number of hydrogen-bond acceptors (Lipinski definition) is 5. The number of rotatable bonds is 1. The fourth-order valence-electron chi connectivity index (χ4n) is 0.887. The Bertz CT molecular complexity index is 157. The van der Waals surface area contributed by atoms with E-state index < -0.39 is 24.3 Å². The van der Waals surface area contributed by atoms with Crippen LogP contribution >= 0.6 is 0 Å². The van der Waals surface area contributed by atoms with E-state index in [9.17, 15) is 4.79 Å². The molecule has 1 fully saturated rings. The Morgan fingerprint density at radius 1 is 1.64 bits per heavy atom. The minimum absolute atomic E-state index is 0.117. The zero-order valence-electron chi connectivity index (χ0n) is 6.06. The van der Waals surface area contributed by atoms with Crippen LogP contribution in [0.1, 0.15) is 0 Å². The van der Waals surface area contributed by atoms with E-state index in [0.29, 0.717) is 0 Å². The van der Waals surface area contributed by atoms with Gasteiger partial charge in [0.15, 0.2) is 18.2 Å². The zero-order valence-corrected chi connectivity index (χ0v) is 6.06. The Morgan fingerprint density at radius 2 is 2.27 bits per heavy atom. The smallest absolute Gasteiger partial charge is 0.197 e. The number of ketones is 1. The van der Waals surface area contributed by atoms with Gasteiger partial charge in [-0.3, -0.25) is 4.79 Å². The molecule has 0 amide bonds. The van der Waals surface area contributed by atoms with E-state index in [1.807, 2.05) is 0 Å². The number of ether oxygens (including phenoxy) is 2. The molecule has 0 saturated carbocycles. The van der Waals surface area contributed by atoms with Crippen molar-refractivity contribution in [3.8, 4) is 0 Å². The van der Waals surface area contributed by atoms with Gasteiger partial charge in [0.05, 0.1) is 6.61 Å². The Kier molecular flexibility index (Phi) is 2.56. The van der Waals surface area contributed by atoms with Gasteiger partial charge in [-0.2, -0.15) is 0 Å². The average Bonchev–Trinajstić information content (AvgIpc) is 2.01. The monoisotopic (exact) mass is 162 g/mol. The highest BCUT2D eigenvalue weighted by molar-refractivity contribution is 5.88. The van der Waals surface area contributed by atoms with Gasteiger partial charge in [-0.15, -0.1) is 0 Å². The second-order valence-corrected chi connectivity index (χ2v) is 2.30. The molecular formula is C6H10O5. The minimum atomic E-state index is -1.37. The number of aliphatic hydroxyl groups is 2. The Labute approximate surface area is 63.5 Å². The largest absolute Gasteiger partial charge is 0.383 e. The highest BCUT2D eigenvalue weighted by Gasteiger charge is 2.36. The lowest BCUT2D eigenvalue weighted by Crippen LogP contribution is -2.50. The molecule has 0 aromatic heterocycles. The predicted molar refractivity (Wildman–Crippen MR) is 33.8 cm³/mol. The number of methoxy groups -OCH3 is 1. The van der Waals surface area contributed by atoms with Crippen LogP contribution in [-0.2, 0) is 14.3 Å². The SMILES string of the molecule is CO[C@@H]1OC[C@@H](O)C(=O)[C@H]1O. The average molecular weight is 162 g/mol. The quantitative estimate of drug-likeness (QED) is 0.479. The van der Waals surface area contributed by atoms with Crippen molar-refractivity contribution < 1.29 is 24.5 Å². The summed E-state index contributed by atoms with van der Waals surface area (Å²) in [6, 6.07) is 0. The fraction of sp³-hybridized carbons (Fsp3) is 0.833. The van der Waals surface area contributed by atoms with Crippen molar-refractivity contribution in [3.63, 3.8) is 0 Å². The summed E-state index contributed by atoms with van der Waals surface area (Å²) in [5, 5.41) is 17.9. The number of carbonyl (C=O) groups excluding carboxylic acids is 1. The number of hydrogen-bond donors (Lipinski definition) is 2. The molecule has 1 aliphatic rings. The number of aliphatic hydroxyl groups excluding tert-OH is 2. The van der Waals surface area contributed by atoms with Gasteiger partial charge in [-0.05, 0) is 0 Å². The maximum absolute atomic E-state index is 10.8. The molecule has 1 rings (SSSR count). The summed E-state index contributed by atoms with van der Waals surface area (Å²) in [6.07, 6.45) is -3.54. The molecule has 0 aromatic carbocycles. The summed E-state index contributed by atoms with van der Waals surface area (Å²) < 4.78 is 9.40. The second-order valence-electron chi connectivity index (χ2n) is 2.30. The normalized spacial score (nSPS) is 39.2. The van der Waals surface area contributed by atoms with Gasteiger partial charge in [0.1, 0.15) is 6.10 Å². The third-order valence-corrected chi connectivity index (χ3v) is 1.53. The van der Waals surface area contributed by atoms with Crippen molar-refractivity contribution in [3.05, 3.63) is 0 Å². The van der Waals surface area contributed by atoms with E-state index >= 15 is 0 Å². The molecule has 0 radical (unpaired) electrons. The van der Waals surface area contributed by atoms with Crippen LogP contribution in [0.25, 0.3) is 0 Å². The van der Waals surface area contributed by atoms with Gasteiger partial charge in [-0.25, -0.2) is 0 Å². The highest BCUT2D eigenvalue weighted by atomic mass is 16.7. The lowest BCUT2D eigenvalue weighted by atomic mass is 10.1. The van der Waals surface area contributed by atoms with Crippen molar-refractivity contribution in [2.24, 2.45) is 0 Å². The van der Waals surface area contributed by atoms with Crippen LogP contribution in [0, 0.1) is 0 Å². The van der Waals surface area contributed by atoms with E-state index in [-0.39, 0.29) is 6.61 Å². The van der Waals surface area contributed by atoms with Crippen LogP contribution in [-0.4, -0.2) is 48.2 Å². The molecule has 0 spiro atoms. The van der Waals surface area contributed by atoms with Gasteiger partial charge < -0.3 is 19.7 Å². The molecule has 0 unspecified atom stereocenters. The van der Waals surface area contributed by atoms with Crippen LogP contribution in [0.5, 0.6) is 0 Å². The summed E-state index contributed by atoms with van der Waals surface area (Å²) in [7, 11) is 1.32. The summed E-state index contributed by atoms with van der Waals surface area (Å²) in [5.74, 6) is -0.650. The Hall–Kier alpha value is -0.490. The molecule has 64 valence electrons. The molecule has 5 heteroatoms. The molecule has 1 heterocycles. The van der Waals surface area contributed by atoms with Gasteiger partial charge in [0.25, 0.3) is 0 Å². The van der Waals surface area contributed by atoms with Crippen molar-refractivity contribution in [1.29, 1.82) is 0 Å². The topological polar surface area (TPSA) is 76.0 Å². The molecule has 5 nitrogen and oxygen atoms in total.